The molecular formula is H4BaCaOSr. The Hall–Kier alpha value is 4.27. The molecule has 0 rings (SSSR count). The molecule has 0 saturated carbocycles. The van der Waals surface area contributed by atoms with E-state index in [1.807, 2.05) is 0 Å². The van der Waals surface area contributed by atoms with E-state index < -0.39 is 0 Å². The summed E-state index contributed by atoms with van der Waals surface area (Å²) in [6, 6.07) is 0. The molecule has 16 valence electrons. The maximum atomic E-state index is 0. The van der Waals surface area contributed by atoms with Crippen LogP contribution in [0.15, 0.2) is 0 Å². The summed E-state index contributed by atoms with van der Waals surface area (Å²) in [7, 11) is 0. The van der Waals surface area contributed by atoms with E-state index in [0.717, 1.165) is 0 Å². The molecule has 1 nitrogen and oxygen atoms in total. The van der Waals surface area contributed by atoms with Crippen LogP contribution in [0.2, 0.25) is 0 Å². The van der Waals surface area contributed by atoms with Gasteiger partial charge in [0.1, 0.15) is 0 Å². The molecule has 0 aromatic heterocycles. The fraction of sp³-hybridized carbons (Fsp3) is 0. The summed E-state index contributed by atoms with van der Waals surface area (Å²) in [5.41, 5.74) is 0. The summed E-state index contributed by atoms with van der Waals surface area (Å²) < 4.78 is 0. The average molecular weight is 285 g/mol. The molecule has 4 heteroatoms. The van der Waals surface area contributed by atoms with Crippen molar-refractivity contribution >= 4 is 132 Å². The Morgan fingerprint density at radius 1 is 1.25 bits per heavy atom. The molecule has 0 heterocycles. The molecule has 0 aliphatic carbocycles. The molecule has 0 aromatic carbocycles. The molecular weight excluding hydrogens is 281 g/mol. The van der Waals surface area contributed by atoms with Gasteiger partial charge in [-0.25, -0.2) is 0 Å². The zero-order valence-electron chi connectivity index (χ0n) is 6.53. The third-order valence-corrected chi connectivity index (χ3v) is 0. The zero-order chi connectivity index (χ0) is 0. The van der Waals surface area contributed by atoms with E-state index in [1.54, 1.807) is 0 Å². The maximum Gasteiger partial charge on any atom is 2.00 e. The standard InChI is InChI=1S/Ba.Ca.O.Sr.4H/q2*+2;-2;+2;4*-1. The van der Waals surface area contributed by atoms with Crippen molar-refractivity contribution in [1.29, 1.82) is 0 Å². The molecule has 0 aliphatic rings. The van der Waals surface area contributed by atoms with Gasteiger partial charge in [0.15, 0.2) is 0 Å². The second-order valence-electron chi connectivity index (χ2n) is 0. The quantitative estimate of drug-likeness (QED) is 0.521. The van der Waals surface area contributed by atoms with E-state index in [4.69, 9.17) is 0 Å². The van der Waals surface area contributed by atoms with Crippen molar-refractivity contribution < 1.29 is 11.2 Å². The van der Waals surface area contributed by atoms with E-state index in [9.17, 15) is 0 Å². The number of rotatable bonds is 0. The van der Waals surface area contributed by atoms with Crippen LogP contribution in [0.5, 0.6) is 0 Å². The molecule has 0 fully saturated rings. The minimum Gasteiger partial charge on any atom is -2.00 e. The summed E-state index contributed by atoms with van der Waals surface area (Å²) >= 11 is 0. The number of hydrogen-bond donors (Lipinski definition) is 0. The summed E-state index contributed by atoms with van der Waals surface area (Å²) in [6.45, 7) is 0. The smallest absolute Gasteiger partial charge is 2.00 e. The first kappa shape index (κ1) is 24.0. The molecule has 0 atom stereocenters. The van der Waals surface area contributed by atoms with Crippen LogP contribution in [0.25, 0.3) is 0 Å². The molecule has 0 aliphatic heterocycles. The third kappa shape index (κ3) is 9.55. The van der Waals surface area contributed by atoms with E-state index in [-0.39, 0.29) is 143 Å². The minimum atomic E-state index is 0. The molecule has 0 N–H and O–H groups in total. The van der Waals surface area contributed by atoms with Gasteiger partial charge in [-0.05, 0) is 0 Å². The van der Waals surface area contributed by atoms with Gasteiger partial charge >= 0.3 is 132 Å². The van der Waals surface area contributed by atoms with Crippen molar-refractivity contribution in [3.05, 3.63) is 0 Å². The first-order valence-electron chi connectivity index (χ1n) is 0. The Bertz CT molecular complexity index is 16.0. The summed E-state index contributed by atoms with van der Waals surface area (Å²) in [6.07, 6.45) is 0. The van der Waals surface area contributed by atoms with E-state index >= 15 is 0 Å². The van der Waals surface area contributed by atoms with Crippen LogP contribution in [0.4, 0.5) is 0 Å². The van der Waals surface area contributed by atoms with Crippen molar-refractivity contribution in [3.63, 3.8) is 0 Å². The molecule has 0 aromatic rings. The van der Waals surface area contributed by atoms with Gasteiger partial charge in [-0.2, -0.15) is 0 Å². The fourth-order valence-corrected chi connectivity index (χ4v) is 0. The van der Waals surface area contributed by atoms with Crippen molar-refractivity contribution in [2.45, 2.75) is 0 Å². The van der Waals surface area contributed by atoms with Crippen LogP contribution in [-0.4, -0.2) is 132 Å². The van der Waals surface area contributed by atoms with Crippen molar-refractivity contribution in [2.24, 2.45) is 0 Å². The first-order chi connectivity index (χ1) is 0. The van der Waals surface area contributed by atoms with Crippen molar-refractivity contribution in [1.82, 2.24) is 0 Å². The van der Waals surface area contributed by atoms with Crippen molar-refractivity contribution in [3.8, 4) is 0 Å². The van der Waals surface area contributed by atoms with Gasteiger partial charge in [-0.3, -0.25) is 0 Å². The van der Waals surface area contributed by atoms with Gasteiger partial charge in [0.2, 0.25) is 0 Å². The van der Waals surface area contributed by atoms with Crippen LogP contribution in [0.1, 0.15) is 5.71 Å². The molecule has 0 unspecified atom stereocenters. The average Bonchev–Trinajstić information content (AvgIpc) is 0. The molecule has 4 heavy (non-hydrogen) atoms. The topological polar surface area (TPSA) is 28.5 Å². The Balaban J connectivity index is 0. The van der Waals surface area contributed by atoms with Gasteiger partial charge in [-0.15, -0.1) is 0 Å². The Morgan fingerprint density at radius 3 is 1.25 bits per heavy atom. The molecule has 0 amide bonds. The molecule has 0 spiro atoms. The van der Waals surface area contributed by atoms with Gasteiger partial charge in [0, 0.05) is 0 Å². The molecule has 0 saturated heterocycles. The van der Waals surface area contributed by atoms with Crippen molar-refractivity contribution in [2.75, 3.05) is 0 Å². The zero-order valence-corrected chi connectivity index (χ0v) is 12.7. The Labute approximate surface area is 139 Å². The van der Waals surface area contributed by atoms with E-state index in [2.05, 4.69) is 0 Å². The number of hydrogen-bond acceptors (Lipinski definition) is 0. The second kappa shape index (κ2) is 15.7. The van der Waals surface area contributed by atoms with Crippen LogP contribution >= 0.6 is 0 Å². The minimum absolute atomic E-state index is 0. The fourth-order valence-electron chi connectivity index (χ4n) is 0. The van der Waals surface area contributed by atoms with Crippen LogP contribution < -0.4 is 0 Å². The van der Waals surface area contributed by atoms with E-state index in [0.29, 0.717) is 0 Å². The monoisotopic (exact) mass is 286 g/mol. The summed E-state index contributed by atoms with van der Waals surface area (Å²) in [5.74, 6) is 0. The van der Waals surface area contributed by atoms with E-state index in [1.165, 1.54) is 0 Å². The molecule has 0 bridgehead atoms. The SMILES string of the molecule is [Ba+2].[Ca+2].[H-].[H-].[H-].[H-].[O-2].[Sr+2]. The van der Waals surface area contributed by atoms with Gasteiger partial charge in [0.05, 0.1) is 0 Å². The predicted octanol–water partition coefficient (Wildman–Crippen LogP) is -0.811. The Morgan fingerprint density at radius 2 is 1.25 bits per heavy atom. The molecule has 0 radical (unpaired) electrons. The maximum absolute atomic E-state index is 0. The Kier molecular flexibility index (Phi) is 93.9. The summed E-state index contributed by atoms with van der Waals surface area (Å²) in [5, 5.41) is 0. The normalized spacial score (nSPS) is 0. The van der Waals surface area contributed by atoms with Gasteiger partial charge in [-0.1, -0.05) is 0 Å². The van der Waals surface area contributed by atoms with Gasteiger partial charge < -0.3 is 11.2 Å². The second-order valence-corrected chi connectivity index (χ2v) is 0. The predicted molar refractivity (Wildman–Crippen MR) is 22.4 cm³/mol. The first-order valence-corrected chi connectivity index (χ1v) is 0. The van der Waals surface area contributed by atoms with Crippen LogP contribution in [0, 0.1) is 0 Å². The van der Waals surface area contributed by atoms with Crippen LogP contribution in [0.3, 0.4) is 0 Å². The van der Waals surface area contributed by atoms with Crippen LogP contribution in [-0.2, 0) is 5.48 Å². The largest absolute Gasteiger partial charge is 2.00 e. The van der Waals surface area contributed by atoms with Gasteiger partial charge in [0.25, 0.3) is 0 Å². The third-order valence-electron chi connectivity index (χ3n) is 0. The summed E-state index contributed by atoms with van der Waals surface area (Å²) in [4.78, 5) is 0.